The number of halogens is 2. The summed E-state index contributed by atoms with van der Waals surface area (Å²) in [6.07, 6.45) is 2.19. The third-order valence-electron chi connectivity index (χ3n) is 2.32. The summed E-state index contributed by atoms with van der Waals surface area (Å²) in [6.45, 7) is 0. The van der Waals surface area contributed by atoms with Gasteiger partial charge in [0.25, 0.3) is 10.0 Å². The normalized spacial score (nSPS) is 11.1. The Morgan fingerprint density at radius 2 is 1.95 bits per heavy atom. The molecule has 110 valence electrons. The zero-order valence-corrected chi connectivity index (χ0v) is 11.7. The molecule has 0 aliphatic rings. The molecule has 0 unspecified atom stereocenters. The largest absolute Gasteiger partial charge is 0.476 e. The molecule has 2 aromatic rings. The smallest absolute Gasteiger partial charge is 0.358 e. The van der Waals surface area contributed by atoms with Gasteiger partial charge in [0.15, 0.2) is 11.5 Å². The van der Waals surface area contributed by atoms with Crippen LogP contribution in [0, 0.1) is 5.82 Å². The Morgan fingerprint density at radius 1 is 1.29 bits per heavy atom. The lowest BCUT2D eigenvalue weighted by Gasteiger charge is -2.09. The number of sulfonamides is 1. The van der Waals surface area contributed by atoms with Gasteiger partial charge in [-0.05, 0) is 18.2 Å². The van der Waals surface area contributed by atoms with Crippen molar-refractivity contribution in [2.45, 2.75) is 4.90 Å². The first-order valence-electron chi connectivity index (χ1n) is 5.33. The van der Waals surface area contributed by atoms with Crippen LogP contribution < -0.4 is 4.72 Å². The van der Waals surface area contributed by atoms with Crippen LogP contribution in [0.1, 0.15) is 10.5 Å². The number of nitrogens with one attached hydrogen (secondary N) is 1. The standard InChI is InChI=1S/C11H7ClFN3O4S/c12-6-1-2-8(7(13)5-6)21(19,20)16-10-9(11(17)18)14-3-4-15-10/h1-5H,(H,15,16)(H,17,18). The van der Waals surface area contributed by atoms with E-state index in [0.717, 1.165) is 24.5 Å². The zero-order valence-electron chi connectivity index (χ0n) is 10.1. The van der Waals surface area contributed by atoms with Crippen LogP contribution in [0.2, 0.25) is 5.02 Å². The van der Waals surface area contributed by atoms with Crippen LogP contribution in [0.4, 0.5) is 10.2 Å². The summed E-state index contributed by atoms with van der Waals surface area (Å²) in [6, 6.07) is 2.97. The SMILES string of the molecule is O=C(O)c1nccnc1NS(=O)(=O)c1ccc(Cl)cc1F. The minimum absolute atomic E-state index is 0.0252. The highest BCUT2D eigenvalue weighted by molar-refractivity contribution is 7.92. The molecule has 2 N–H and O–H groups in total. The van der Waals surface area contributed by atoms with Crippen molar-refractivity contribution in [3.8, 4) is 0 Å². The number of aromatic nitrogens is 2. The third-order valence-corrected chi connectivity index (χ3v) is 3.92. The van der Waals surface area contributed by atoms with Crippen molar-refractivity contribution in [3.63, 3.8) is 0 Å². The van der Waals surface area contributed by atoms with E-state index in [-0.39, 0.29) is 5.02 Å². The first-order valence-corrected chi connectivity index (χ1v) is 7.19. The maximum Gasteiger partial charge on any atom is 0.358 e. The van der Waals surface area contributed by atoms with Gasteiger partial charge < -0.3 is 5.11 Å². The maximum atomic E-state index is 13.7. The Balaban J connectivity index is 2.45. The fourth-order valence-electron chi connectivity index (χ4n) is 1.44. The second kappa shape index (κ2) is 5.62. The maximum absolute atomic E-state index is 13.7. The number of rotatable bonds is 4. The van der Waals surface area contributed by atoms with E-state index in [1.54, 1.807) is 0 Å². The number of benzene rings is 1. The van der Waals surface area contributed by atoms with Crippen molar-refractivity contribution in [1.82, 2.24) is 9.97 Å². The molecule has 0 spiro atoms. The number of nitrogens with zero attached hydrogens (tertiary/aromatic N) is 2. The molecule has 21 heavy (non-hydrogen) atoms. The van der Waals surface area contributed by atoms with E-state index in [1.165, 1.54) is 6.07 Å². The van der Waals surface area contributed by atoms with E-state index < -0.39 is 38.2 Å². The minimum atomic E-state index is -4.37. The lowest BCUT2D eigenvalue weighted by atomic mass is 10.3. The Bertz CT molecular complexity index is 813. The van der Waals surface area contributed by atoms with Gasteiger partial charge in [-0.2, -0.15) is 0 Å². The minimum Gasteiger partial charge on any atom is -0.476 e. The molecule has 1 heterocycles. The second-order valence-electron chi connectivity index (χ2n) is 3.74. The van der Waals surface area contributed by atoms with Gasteiger partial charge in [0.05, 0.1) is 0 Å². The van der Waals surface area contributed by atoms with E-state index in [1.807, 2.05) is 4.72 Å². The summed E-state index contributed by atoms with van der Waals surface area (Å²) >= 11 is 5.54. The van der Waals surface area contributed by atoms with Crippen LogP contribution in [0.15, 0.2) is 35.5 Å². The molecule has 0 aliphatic heterocycles. The first kappa shape index (κ1) is 15.1. The summed E-state index contributed by atoms with van der Waals surface area (Å²) < 4.78 is 39.6. The van der Waals surface area contributed by atoms with Gasteiger partial charge >= 0.3 is 5.97 Å². The van der Waals surface area contributed by atoms with Crippen molar-refractivity contribution in [2.75, 3.05) is 4.72 Å². The molecular formula is C11H7ClFN3O4S. The lowest BCUT2D eigenvalue weighted by molar-refractivity contribution is 0.0691. The van der Waals surface area contributed by atoms with Crippen LogP contribution in [-0.4, -0.2) is 29.5 Å². The molecule has 0 radical (unpaired) electrons. The van der Waals surface area contributed by atoms with E-state index in [4.69, 9.17) is 16.7 Å². The molecule has 2 rings (SSSR count). The van der Waals surface area contributed by atoms with E-state index in [0.29, 0.717) is 0 Å². The van der Waals surface area contributed by atoms with Gasteiger partial charge in [-0.1, -0.05) is 11.6 Å². The molecule has 1 aromatic carbocycles. The molecule has 7 nitrogen and oxygen atoms in total. The number of carboxylic acid groups (broad SMARTS) is 1. The number of hydrogen-bond acceptors (Lipinski definition) is 5. The van der Waals surface area contributed by atoms with Crippen molar-refractivity contribution in [1.29, 1.82) is 0 Å². The number of anilines is 1. The molecule has 0 saturated heterocycles. The number of aromatic carboxylic acids is 1. The highest BCUT2D eigenvalue weighted by Crippen LogP contribution is 2.21. The van der Waals surface area contributed by atoms with Gasteiger partial charge in [0, 0.05) is 17.4 Å². The van der Waals surface area contributed by atoms with Crippen molar-refractivity contribution >= 4 is 33.4 Å². The fourth-order valence-corrected chi connectivity index (χ4v) is 2.68. The van der Waals surface area contributed by atoms with Gasteiger partial charge in [0.1, 0.15) is 10.7 Å². The molecule has 0 fully saturated rings. The summed E-state index contributed by atoms with van der Waals surface area (Å²) in [5.41, 5.74) is -0.601. The Labute approximate surface area is 123 Å². The Hall–Kier alpha value is -2.26. The molecule has 0 atom stereocenters. The number of hydrogen-bond donors (Lipinski definition) is 2. The summed E-state index contributed by atoms with van der Waals surface area (Å²) in [7, 11) is -4.37. The quantitative estimate of drug-likeness (QED) is 0.883. The highest BCUT2D eigenvalue weighted by Gasteiger charge is 2.23. The molecule has 0 aliphatic carbocycles. The Morgan fingerprint density at radius 3 is 2.57 bits per heavy atom. The second-order valence-corrected chi connectivity index (χ2v) is 5.83. The van der Waals surface area contributed by atoms with Gasteiger partial charge in [0.2, 0.25) is 0 Å². The van der Waals surface area contributed by atoms with Crippen molar-refractivity contribution < 1.29 is 22.7 Å². The topological polar surface area (TPSA) is 109 Å². The Kier molecular flexibility index (Phi) is 4.05. The summed E-state index contributed by atoms with van der Waals surface area (Å²) in [5, 5.41) is 8.92. The summed E-state index contributed by atoms with van der Waals surface area (Å²) in [5.74, 6) is -3.06. The molecular weight excluding hydrogens is 325 g/mol. The molecule has 0 amide bonds. The van der Waals surface area contributed by atoms with Crippen LogP contribution in [0.25, 0.3) is 0 Å². The predicted molar refractivity (Wildman–Crippen MR) is 71.2 cm³/mol. The van der Waals surface area contributed by atoms with Crippen molar-refractivity contribution in [2.24, 2.45) is 0 Å². The van der Waals surface area contributed by atoms with Crippen LogP contribution in [0.3, 0.4) is 0 Å². The first-order chi connectivity index (χ1) is 9.81. The van der Waals surface area contributed by atoms with E-state index in [9.17, 15) is 17.6 Å². The molecule has 0 bridgehead atoms. The number of carboxylic acids is 1. The zero-order chi connectivity index (χ0) is 15.6. The predicted octanol–water partition coefficient (Wildman–Crippen LogP) is 1.77. The van der Waals surface area contributed by atoms with Crippen LogP contribution in [-0.2, 0) is 10.0 Å². The van der Waals surface area contributed by atoms with Gasteiger partial charge in [-0.3, -0.25) is 4.72 Å². The van der Waals surface area contributed by atoms with Gasteiger partial charge in [-0.25, -0.2) is 27.6 Å². The lowest BCUT2D eigenvalue weighted by Crippen LogP contribution is -2.18. The molecule has 0 saturated carbocycles. The van der Waals surface area contributed by atoms with E-state index in [2.05, 4.69) is 9.97 Å². The van der Waals surface area contributed by atoms with Crippen LogP contribution in [0.5, 0.6) is 0 Å². The summed E-state index contributed by atoms with van der Waals surface area (Å²) in [4.78, 5) is 17.3. The highest BCUT2D eigenvalue weighted by atomic mass is 35.5. The monoisotopic (exact) mass is 331 g/mol. The average Bonchev–Trinajstić information content (AvgIpc) is 2.37. The van der Waals surface area contributed by atoms with Crippen molar-refractivity contribution in [3.05, 3.63) is 47.1 Å². The van der Waals surface area contributed by atoms with Gasteiger partial charge in [-0.15, -0.1) is 0 Å². The van der Waals surface area contributed by atoms with Crippen LogP contribution >= 0.6 is 11.6 Å². The molecule has 10 heteroatoms. The molecule has 1 aromatic heterocycles. The fraction of sp³-hybridized carbons (Fsp3) is 0. The number of carbonyl (C=O) groups is 1. The van der Waals surface area contributed by atoms with E-state index >= 15 is 0 Å². The third kappa shape index (κ3) is 3.26. The average molecular weight is 332 g/mol.